The van der Waals surface area contributed by atoms with E-state index in [-0.39, 0.29) is 0 Å². The van der Waals surface area contributed by atoms with Crippen LogP contribution in [-0.4, -0.2) is 12.0 Å². The van der Waals surface area contributed by atoms with Gasteiger partial charge >= 0.3 is 0 Å². The van der Waals surface area contributed by atoms with E-state index >= 15 is 0 Å². The summed E-state index contributed by atoms with van der Waals surface area (Å²) in [5.41, 5.74) is 1.06. The van der Waals surface area contributed by atoms with Crippen LogP contribution in [0.25, 0.3) is 11.5 Å². The van der Waals surface area contributed by atoms with Crippen molar-refractivity contribution in [2.24, 2.45) is 0 Å². The Balaban J connectivity index is 2.24. The molecule has 0 aliphatic carbocycles. The number of oxazole rings is 1. The van der Waals surface area contributed by atoms with Crippen molar-refractivity contribution >= 4 is 33.9 Å². The summed E-state index contributed by atoms with van der Waals surface area (Å²) < 4.78 is 6.79. The SMILES string of the molecule is CNCc1cnc(-c2csc(I)c2)o1. The summed E-state index contributed by atoms with van der Waals surface area (Å²) in [7, 11) is 1.88. The number of hydrogen-bond acceptors (Lipinski definition) is 4. The lowest BCUT2D eigenvalue weighted by atomic mass is 10.3. The zero-order valence-corrected chi connectivity index (χ0v) is 10.6. The molecule has 3 nitrogen and oxygen atoms in total. The summed E-state index contributed by atoms with van der Waals surface area (Å²) in [6.45, 7) is 0.716. The van der Waals surface area contributed by atoms with Crippen LogP contribution in [0.5, 0.6) is 0 Å². The zero-order chi connectivity index (χ0) is 9.97. The average Bonchev–Trinajstić information content (AvgIpc) is 2.74. The summed E-state index contributed by atoms with van der Waals surface area (Å²) >= 11 is 3.98. The number of aromatic nitrogens is 1. The Labute approximate surface area is 99.7 Å². The molecule has 2 aromatic rings. The predicted octanol–water partition coefficient (Wildman–Crippen LogP) is 2.73. The van der Waals surface area contributed by atoms with E-state index in [1.165, 1.54) is 2.88 Å². The Morgan fingerprint density at radius 2 is 2.50 bits per heavy atom. The van der Waals surface area contributed by atoms with E-state index in [0.29, 0.717) is 12.4 Å². The molecule has 0 saturated heterocycles. The third kappa shape index (κ3) is 2.15. The molecule has 0 radical (unpaired) electrons. The lowest BCUT2D eigenvalue weighted by molar-refractivity contribution is 0.503. The molecule has 2 rings (SSSR count). The molecule has 14 heavy (non-hydrogen) atoms. The van der Waals surface area contributed by atoms with Crippen LogP contribution in [0.4, 0.5) is 0 Å². The normalized spacial score (nSPS) is 10.7. The Bertz CT molecular complexity index is 424. The third-order valence-corrected chi connectivity index (χ3v) is 3.51. The van der Waals surface area contributed by atoms with Crippen LogP contribution in [-0.2, 0) is 6.54 Å². The maximum absolute atomic E-state index is 5.55. The Kier molecular flexibility index (Phi) is 3.19. The lowest BCUT2D eigenvalue weighted by Crippen LogP contribution is -2.03. The van der Waals surface area contributed by atoms with E-state index in [4.69, 9.17) is 4.42 Å². The first kappa shape index (κ1) is 10.1. The summed E-state index contributed by atoms with van der Waals surface area (Å²) in [6, 6.07) is 2.07. The van der Waals surface area contributed by atoms with Gasteiger partial charge in [-0.3, -0.25) is 0 Å². The van der Waals surface area contributed by atoms with Gasteiger partial charge in [0.15, 0.2) is 0 Å². The molecule has 0 bridgehead atoms. The summed E-state index contributed by atoms with van der Waals surface area (Å²) in [6.07, 6.45) is 1.76. The van der Waals surface area contributed by atoms with Gasteiger partial charge in [-0.25, -0.2) is 4.98 Å². The fourth-order valence-corrected chi connectivity index (χ4v) is 2.44. The Morgan fingerprint density at radius 3 is 3.14 bits per heavy atom. The molecule has 0 aliphatic heterocycles. The van der Waals surface area contributed by atoms with Crippen LogP contribution in [0.1, 0.15) is 5.76 Å². The number of halogens is 1. The highest BCUT2D eigenvalue weighted by Crippen LogP contribution is 2.26. The minimum absolute atomic E-state index is 0.703. The fraction of sp³-hybridized carbons (Fsp3) is 0.222. The quantitative estimate of drug-likeness (QED) is 0.884. The molecule has 0 unspecified atom stereocenters. The standard InChI is InChI=1S/C9H9IN2OS/c1-11-3-7-4-12-9(13-7)6-2-8(10)14-5-6/h2,4-5,11H,3H2,1H3. The molecule has 0 atom stereocenters. The second-order valence-electron chi connectivity index (χ2n) is 2.80. The van der Waals surface area contributed by atoms with Gasteiger partial charge in [0, 0.05) is 10.9 Å². The summed E-state index contributed by atoms with van der Waals surface area (Å²) in [4.78, 5) is 4.22. The van der Waals surface area contributed by atoms with Gasteiger partial charge in [0.25, 0.3) is 0 Å². The van der Waals surface area contributed by atoms with E-state index in [9.17, 15) is 0 Å². The van der Waals surface area contributed by atoms with Gasteiger partial charge < -0.3 is 9.73 Å². The minimum Gasteiger partial charge on any atom is -0.440 e. The van der Waals surface area contributed by atoms with Gasteiger partial charge in [-0.15, -0.1) is 11.3 Å². The molecule has 2 aromatic heterocycles. The van der Waals surface area contributed by atoms with E-state index in [2.05, 4.69) is 44.3 Å². The fourth-order valence-electron chi connectivity index (χ4n) is 1.12. The largest absolute Gasteiger partial charge is 0.440 e. The molecule has 0 fully saturated rings. The number of nitrogens with one attached hydrogen (secondary N) is 1. The number of rotatable bonds is 3. The van der Waals surface area contributed by atoms with Crippen molar-refractivity contribution in [3.05, 3.63) is 26.3 Å². The van der Waals surface area contributed by atoms with Crippen LogP contribution < -0.4 is 5.32 Å². The molecule has 74 valence electrons. The smallest absolute Gasteiger partial charge is 0.227 e. The lowest BCUT2D eigenvalue weighted by Gasteiger charge is -1.91. The van der Waals surface area contributed by atoms with Gasteiger partial charge in [0.2, 0.25) is 5.89 Å². The van der Waals surface area contributed by atoms with Crippen molar-refractivity contribution in [1.82, 2.24) is 10.3 Å². The first-order valence-electron chi connectivity index (χ1n) is 4.13. The third-order valence-electron chi connectivity index (χ3n) is 1.72. The average molecular weight is 320 g/mol. The molecule has 1 N–H and O–H groups in total. The molecular formula is C9H9IN2OS. The second kappa shape index (κ2) is 4.41. The van der Waals surface area contributed by atoms with E-state index < -0.39 is 0 Å². The van der Waals surface area contributed by atoms with Crippen molar-refractivity contribution in [2.75, 3.05) is 7.05 Å². The highest BCUT2D eigenvalue weighted by atomic mass is 127. The summed E-state index contributed by atoms with van der Waals surface area (Å²) in [5, 5.41) is 5.07. The first-order valence-corrected chi connectivity index (χ1v) is 6.09. The maximum Gasteiger partial charge on any atom is 0.227 e. The van der Waals surface area contributed by atoms with E-state index in [1.54, 1.807) is 17.5 Å². The van der Waals surface area contributed by atoms with Crippen LogP contribution in [0, 0.1) is 2.88 Å². The van der Waals surface area contributed by atoms with E-state index in [0.717, 1.165) is 11.3 Å². The van der Waals surface area contributed by atoms with Crippen LogP contribution in [0.3, 0.4) is 0 Å². The number of hydrogen-bond donors (Lipinski definition) is 1. The molecule has 0 amide bonds. The monoisotopic (exact) mass is 320 g/mol. The molecule has 2 heterocycles. The van der Waals surface area contributed by atoms with Gasteiger partial charge in [-0.1, -0.05) is 0 Å². The zero-order valence-electron chi connectivity index (χ0n) is 7.58. The Morgan fingerprint density at radius 1 is 1.64 bits per heavy atom. The first-order chi connectivity index (χ1) is 6.79. The highest BCUT2D eigenvalue weighted by molar-refractivity contribution is 14.1. The molecule has 5 heteroatoms. The van der Waals surface area contributed by atoms with Gasteiger partial charge in [-0.05, 0) is 35.7 Å². The van der Waals surface area contributed by atoms with Crippen molar-refractivity contribution in [3.8, 4) is 11.5 Å². The predicted molar refractivity (Wildman–Crippen MR) is 65.3 cm³/mol. The molecule has 0 saturated carbocycles. The summed E-state index contributed by atoms with van der Waals surface area (Å²) in [5.74, 6) is 1.57. The van der Waals surface area contributed by atoms with Gasteiger partial charge in [0.1, 0.15) is 5.76 Å². The maximum atomic E-state index is 5.55. The van der Waals surface area contributed by atoms with Crippen molar-refractivity contribution in [1.29, 1.82) is 0 Å². The van der Waals surface area contributed by atoms with Crippen LogP contribution in [0.2, 0.25) is 0 Å². The molecule has 0 aromatic carbocycles. The Hall–Kier alpha value is -0.400. The van der Waals surface area contributed by atoms with E-state index in [1.807, 2.05) is 7.05 Å². The van der Waals surface area contributed by atoms with Gasteiger partial charge in [-0.2, -0.15) is 0 Å². The number of nitrogens with zero attached hydrogens (tertiary/aromatic N) is 1. The number of thiophene rings is 1. The molecule has 0 aliphatic rings. The second-order valence-corrected chi connectivity index (χ2v) is 5.61. The highest BCUT2D eigenvalue weighted by Gasteiger charge is 2.07. The van der Waals surface area contributed by atoms with Crippen LogP contribution >= 0.6 is 33.9 Å². The minimum atomic E-state index is 0.703. The van der Waals surface area contributed by atoms with Crippen molar-refractivity contribution in [2.45, 2.75) is 6.54 Å². The van der Waals surface area contributed by atoms with Crippen molar-refractivity contribution < 1.29 is 4.42 Å². The molecular weight excluding hydrogens is 311 g/mol. The van der Waals surface area contributed by atoms with Crippen LogP contribution in [0.15, 0.2) is 22.1 Å². The topological polar surface area (TPSA) is 38.1 Å². The van der Waals surface area contributed by atoms with Gasteiger partial charge in [0.05, 0.1) is 15.6 Å². The molecule has 0 spiro atoms. The van der Waals surface area contributed by atoms with Crippen molar-refractivity contribution in [3.63, 3.8) is 0 Å².